The Balaban J connectivity index is 2.33. The van der Waals surface area contributed by atoms with Crippen LogP contribution in [0.5, 0.6) is 0 Å². The van der Waals surface area contributed by atoms with Gasteiger partial charge in [-0.1, -0.05) is 38.8 Å². The molecule has 0 radical (unpaired) electrons. The predicted molar refractivity (Wildman–Crippen MR) is 68.6 cm³/mol. The van der Waals surface area contributed by atoms with Crippen LogP contribution in [0.4, 0.5) is 0 Å². The third-order valence-electron chi connectivity index (χ3n) is 3.81. The van der Waals surface area contributed by atoms with Crippen molar-refractivity contribution in [2.75, 3.05) is 0 Å². The first-order chi connectivity index (χ1) is 7.15. The minimum absolute atomic E-state index is 0.830. The van der Waals surface area contributed by atoms with Gasteiger partial charge in [-0.25, -0.2) is 0 Å². The molecule has 1 aliphatic rings. The summed E-state index contributed by atoms with van der Waals surface area (Å²) in [5.74, 6) is 2.60. The fourth-order valence-corrected chi connectivity index (χ4v) is 2.56. The van der Waals surface area contributed by atoms with Crippen molar-refractivity contribution in [3.8, 4) is 0 Å². The summed E-state index contributed by atoms with van der Waals surface area (Å²) >= 11 is 0. The maximum atomic E-state index is 4.11. The second-order valence-electron chi connectivity index (χ2n) is 5.52. The van der Waals surface area contributed by atoms with Gasteiger partial charge in [-0.3, -0.25) is 0 Å². The van der Waals surface area contributed by atoms with Gasteiger partial charge in [0.05, 0.1) is 13.3 Å². The van der Waals surface area contributed by atoms with E-state index in [1.165, 1.54) is 32.1 Å². The molecule has 0 bridgehead atoms. The fourth-order valence-electron chi connectivity index (χ4n) is 2.56. The molecular weight excluding hydrogens is 180 g/mol. The first kappa shape index (κ1) is 12.7. The van der Waals surface area contributed by atoms with Crippen molar-refractivity contribution in [1.29, 1.82) is 0 Å². The summed E-state index contributed by atoms with van der Waals surface area (Å²) in [6, 6.07) is 0. The molecule has 0 fully saturated rings. The van der Waals surface area contributed by atoms with E-state index in [1.807, 2.05) is 0 Å². The van der Waals surface area contributed by atoms with Crippen molar-refractivity contribution >= 4 is 0 Å². The summed E-state index contributed by atoms with van der Waals surface area (Å²) in [6.07, 6.45) is 10.2. The van der Waals surface area contributed by atoms with Crippen molar-refractivity contribution in [3.63, 3.8) is 0 Å². The van der Waals surface area contributed by atoms with Crippen molar-refractivity contribution < 1.29 is 0 Å². The Morgan fingerprint density at radius 2 is 2.27 bits per heavy atom. The topological polar surface area (TPSA) is 0 Å². The minimum atomic E-state index is 0.830. The fraction of sp³-hybridized carbons (Fsp3) is 0.800. The molecule has 86 valence electrons. The van der Waals surface area contributed by atoms with Gasteiger partial charge >= 0.3 is 0 Å². The lowest BCUT2D eigenvalue weighted by Crippen LogP contribution is -2.06. The molecule has 0 nitrogen and oxygen atoms in total. The molecule has 1 aliphatic carbocycles. The molecular formula is C15H27+. The Morgan fingerprint density at radius 3 is 2.73 bits per heavy atom. The summed E-state index contributed by atoms with van der Waals surface area (Å²) in [4.78, 5) is 0. The molecule has 15 heavy (non-hydrogen) atoms. The first-order valence-electron chi connectivity index (χ1n) is 6.62. The van der Waals surface area contributed by atoms with Gasteiger partial charge in [0.15, 0.2) is 0 Å². The summed E-state index contributed by atoms with van der Waals surface area (Å²) in [5, 5.41) is 0. The Labute approximate surface area is 96.2 Å². The zero-order chi connectivity index (χ0) is 11.3. The number of allylic oxidation sites excluding steroid dienone is 2. The van der Waals surface area contributed by atoms with Crippen LogP contribution in [0.25, 0.3) is 0 Å². The maximum Gasteiger partial charge on any atom is 0.0881 e. The molecule has 0 aliphatic heterocycles. The molecule has 0 aromatic rings. The van der Waals surface area contributed by atoms with E-state index in [2.05, 4.69) is 33.8 Å². The van der Waals surface area contributed by atoms with E-state index in [9.17, 15) is 0 Å². The van der Waals surface area contributed by atoms with E-state index in [0.29, 0.717) is 0 Å². The molecule has 0 aromatic heterocycles. The van der Waals surface area contributed by atoms with Crippen molar-refractivity contribution in [3.05, 3.63) is 18.6 Å². The van der Waals surface area contributed by atoms with Gasteiger partial charge in [0, 0.05) is 5.92 Å². The second kappa shape index (κ2) is 6.25. The van der Waals surface area contributed by atoms with Crippen LogP contribution in [-0.4, -0.2) is 0 Å². The Hall–Kier alpha value is -0.390. The van der Waals surface area contributed by atoms with Crippen molar-refractivity contribution in [2.45, 2.75) is 59.3 Å². The minimum Gasteiger partial charge on any atom is -0.0850 e. The smallest absolute Gasteiger partial charge is 0.0850 e. The average molecular weight is 207 g/mol. The highest BCUT2D eigenvalue weighted by Crippen LogP contribution is 2.32. The third kappa shape index (κ3) is 4.32. The molecule has 3 atom stereocenters. The van der Waals surface area contributed by atoms with E-state index < -0.39 is 0 Å². The quantitative estimate of drug-likeness (QED) is 0.424. The highest BCUT2D eigenvalue weighted by molar-refractivity contribution is 5.10. The summed E-state index contributed by atoms with van der Waals surface area (Å²) in [6.45, 7) is 11.1. The molecule has 0 N–H and O–H groups in total. The van der Waals surface area contributed by atoms with Crippen LogP contribution in [0.1, 0.15) is 59.3 Å². The Kier molecular flexibility index (Phi) is 5.28. The van der Waals surface area contributed by atoms with Gasteiger partial charge in [-0.15, -0.1) is 0 Å². The van der Waals surface area contributed by atoms with Crippen LogP contribution < -0.4 is 0 Å². The normalized spacial score (nSPS) is 25.0. The van der Waals surface area contributed by atoms with E-state index >= 15 is 0 Å². The van der Waals surface area contributed by atoms with Gasteiger partial charge in [0.2, 0.25) is 0 Å². The highest BCUT2D eigenvalue weighted by atomic mass is 14.2. The standard InChI is InChI=1S/C15H27/c1-5-12(3)9-14(6-2)11-15-8-7-13(4)10-15/h8,12-14H,2,5-7,9-11H2,1,3-4H3/q+1/t12?,13-,14?/m0/s1. The van der Waals surface area contributed by atoms with Crippen LogP contribution in [0.3, 0.4) is 0 Å². The average Bonchev–Trinajstić information content (AvgIpc) is 2.62. The molecule has 0 saturated heterocycles. The summed E-state index contributed by atoms with van der Waals surface area (Å²) in [5.41, 5.74) is 1.71. The molecule has 0 aromatic carbocycles. The first-order valence-corrected chi connectivity index (χ1v) is 6.62. The molecule has 0 amide bonds. The maximum absolute atomic E-state index is 4.11. The Bertz CT molecular complexity index is 202. The van der Waals surface area contributed by atoms with Gasteiger partial charge in [0.25, 0.3) is 0 Å². The third-order valence-corrected chi connectivity index (χ3v) is 3.81. The number of hydrogen-bond donors (Lipinski definition) is 0. The van der Waals surface area contributed by atoms with Crippen LogP contribution >= 0.6 is 0 Å². The zero-order valence-electron chi connectivity index (χ0n) is 10.8. The summed E-state index contributed by atoms with van der Waals surface area (Å²) in [7, 11) is 0. The lowest BCUT2D eigenvalue weighted by Gasteiger charge is -2.17. The van der Waals surface area contributed by atoms with E-state index in [4.69, 9.17) is 0 Å². The van der Waals surface area contributed by atoms with E-state index in [0.717, 1.165) is 24.2 Å². The van der Waals surface area contributed by atoms with Gasteiger partial charge in [-0.2, -0.15) is 0 Å². The van der Waals surface area contributed by atoms with Crippen LogP contribution in [0, 0.1) is 24.7 Å². The van der Waals surface area contributed by atoms with Gasteiger partial charge < -0.3 is 0 Å². The molecule has 0 spiro atoms. The molecule has 2 unspecified atom stereocenters. The number of hydrogen-bond acceptors (Lipinski definition) is 0. The SMILES string of the molecule is [CH2+]CC(CC1=CC[C@H](C)C1)CC(C)CC. The van der Waals surface area contributed by atoms with Crippen LogP contribution in [0.2, 0.25) is 0 Å². The van der Waals surface area contributed by atoms with Crippen LogP contribution in [0.15, 0.2) is 11.6 Å². The monoisotopic (exact) mass is 207 g/mol. The van der Waals surface area contributed by atoms with Crippen molar-refractivity contribution in [2.24, 2.45) is 17.8 Å². The predicted octanol–water partition coefficient (Wildman–Crippen LogP) is 5.01. The second-order valence-corrected chi connectivity index (χ2v) is 5.52. The number of rotatable bonds is 6. The highest BCUT2D eigenvalue weighted by Gasteiger charge is 2.19. The lowest BCUT2D eigenvalue weighted by atomic mass is 9.87. The lowest BCUT2D eigenvalue weighted by molar-refractivity contribution is 0.377. The van der Waals surface area contributed by atoms with E-state index in [1.54, 1.807) is 5.57 Å². The molecule has 0 heterocycles. The summed E-state index contributed by atoms with van der Waals surface area (Å²) < 4.78 is 0. The van der Waals surface area contributed by atoms with Crippen LogP contribution in [-0.2, 0) is 0 Å². The zero-order valence-corrected chi connectivity index (χ0v) is 10.8. The van der Waals surface area contributed by atoms with Gasteiger partial charge in [-0.05, 0) is 37.5 Å². The Morgan fingerprint density at radius 1 is 1.53 bits per heavy atom. The molecule has 0 heteroatoms. The van der Waals surface area contributed by atoms with Gasteiger partial charge in [0.1, 0.15) is 0 Å². The van der Waals surface area contributed by atoms with Crippen molar-refractivity contribution in [1.82, 2.24) is 0 Å². The molecule has 1 rings (SSSR count). The molecule has 0 saturated carbocycles. The van der Waals surface area contributed by atoms with E-state index in [-0.39, 0.29) is 0 Å². The largest absolute Gasteiger partial charge is 0.0881 e.